The molecule has 1 aliphatic heterocycles. The van der Waals surface area contributed by atoms with Crippen molar-refractivity contribution in [1.82, 2.24) is 5.32 Å². The van der Waals surface area contributed by atoms with Gasteiger partial charge in [0.15, 0.2) is 0 Å². The molecule has 0 radical (unpaired) electrons. The van der Waals surface area contributed by atoms with Crippen molar-refractivity contribution in [2.24, 2.45) is 0 Å². The third-order valence-corrected chi connectivity index (χ3v) is 4.04. The van der Waals surface area contributed by atoms with Gasteiger partial charge in [0.2, 0.25) is 0 Å². The maximum atomic E-state index is 6.24. The fourth-order valence-corrected chi connectivity index (χ4v) is 3.08. The van der Waals surface area contributed by atoms with Crippen LogP contribution >= 0.6 is 23.2 Å². The predicted octanol–water partition coefficient (Wildman–Crippen LogP) is 3.96. The number of benzene rings is 1. The number of para-hydroxylation sites is 1. The number of nitrogens with one attached hydrogen (secondary N) is 1. The smallest absolute Gasteiger partial charge is 0.0744 e. The largest absolute Gasteiger partial charge is 0.369 e. The Morgan fingerprint density at radius 1 is 1.22 bits per heavy atom. The van der Waals surface area contributed by atoms with Crippen molar-refractivity contribution >= 4 is 28.9 Å². The van der Waals surface area contributed by atoms with Crippen LogP contribution in [-0.4, -0.2) is 25.7 Å². The van der Waals surface area contributed by atoms with Crippen molar-refractivity contribution in [3.8, 4) is 0 Å². The number of hydrogen-bond acceptors (Lipinski definition) is 2. The molecule has 18 heavy (non-hydrogen) atoms. The summed E-state index contributed by atoms with van der Waals surface area (Å²) in [4.78, 5) is 2.30. The van der Waals surface area contributed by atoms with Crippen molar-refractivity contribution < 1.29 is 0 Å². The van der Waals surface area contributed by atoms with Crippen LogP contribution in [0.5, 0.6) is 0 Å². The molecular formula is C14H20Cl2N2. The Balaban J connectivity index is 1.97. The average molecular weight is 287 g/mol. The first-order chi connectivity index (χ1) is 8.72. The van der Waals surface area contributed by atoms with E-state index in [2.05, 4.69) is 17.1 Å². The molecule has 2 rings (SSSR count). The molecule has 0 spiro atoms. The Hall–Kier alpha value is -0.440. The number of hydrogen-bond donors (Lipinski definition) is 1. The summed E-state index contributed by atoms with van der Waals surface area (Å²) in [5.41, 5.74) is 0.995. The molecular weight excluding hydrogens is 267 g/mol. The predicted molar refractivity (Wildman–Crippen MR) is 80.0 cm³/mol. The second kappa shape index (κ2) is 6.65. The molecule has 1 saturated heterocycles. The minimum atomic E-state index is 0.641. The number of piperidine rings is 1. The van der Waals surface area contributed by atoms with Crippen LogP contribution < -0.4 is 10.2 Å². The van der Waals surface area contributed by atoms with Crippen LogP contribution in [0.25, 0.3) is 0 Å². The molecule has 0 aromatic heterocycles. The van der Waals surface area contributed by atoms with E-state index in [1.165, 1.54) is 6.42 Å². The van der Waals surface area contributed by atoms with E-state index in [9.17, 15) is 0 Å². The Bertz CT molecular complexity index is 367. The van der Waals surface area contributed by atoms with Crippen molar-refractivity contribution in [2.45, 2.75) is 32.2 Å². The lowest BCUT2D eigenvalue weighted by Gasteiger charge is -2.35. The number of anilines is 1. The van der Waals surface area contributed by atoms with E-state index in [0.717, 1.165) is 48.2 Å². The Labute approximate surface area is 119 Å². The summed E-state index contributed by atoms with van der Waals surface area (Å²) in [6.45, 7) is 5.35. The molecule has 1 aromatic rings. The van der Waals surface area contributed by atoms with Crippen LogP contribution in [0.2, 0.25) is 10.0 Å². The highest BCUT2D eigenvalue weighted by atomic mass is 35.5. The van der Waals surface area contributed by atoms with E-state index in [-0.39, 0.29) is 0 Å². The molecule has 1 aromatic carbocycles. The number of rotatable bonds is 4. The summed E-state index contributed by atoms with van der Waals surface area (Å²) in [6, 6.07) is 6.35. The summed E-state index contributed by atoms with van der Waals surface area (Å²) in [6.07, 6.45) is 3.50. The monoisotopic (exact) mass is 286 g/mol. The normalized spacial score (nSPS) is 17.2. The zero-order chi connectivity index (χ0) is 13.0. The van der Waals surface area contributed by atoms with Gasteiger partial charge in [-0.3, -0.25) is 0 Å². The molecule has 1 fully saturated rings. The van der Waals surface area contributed by atoms with Crippen molar-refractivity contribution in [3.63, 3.8) is 0 Å². The molecule has 0 unspecified atom stereocenters. The molecule has 0 amide bonds. The molecule has 2 nitrogen and oxygen atoms in total. The standard InChI is InChI=1S/C14H20Cl2N2/c1-2-8-17-11-6-9-18(10-7-11)14-12(15)4-3-5-13(14)16/h3-5,11,17H,2,6-10H2,1H3. The molecule has 100 valence electrons. The van der Waals surface area contributed by atoms with Crippen LogP contribution in [0.4, 0.5) is 5.69 Å². The van der Waals surface area contributed by atoms with Crippen LogP contribution in [0.15, 0.2) is 18.2 Å². The third kappa shape index (κ3) is 3.31. The highest BCUT2D eigenvalue weighted by Gasteiger charge is 2.21. The minimum absolute atomic E-state index is 0.641. The highest BCUT2D eigenvalue weighted by Crippen LogP contribution is 2.34. The van der Waals surface area contributed by atoms with Crippen LogP contribution in [0.1, 0.15) is 26.2 Å². The van der Waals surface area contributed by atoms with Gasteiger partial charge in [-0.15, -0.1) is 0 Å². The first-order valence-corrected chi connectivity index (χ1v) is 7.40. The molecule has 0 saturated carbocycles. The van der Waals surface area contributed by atoms with Gasteiger partial charge in [-0.25, -0.2) is 0 Å². The fraction of sp³-hybridized carbons (Fsp3) is 0.571. The maximum absolute atomic E-state index is 6.24. The van der Waals surface area contributed by atoms with E-state index < -0.39 is 0 Å². The Morgan fingerprint density at radius 3 is 2.39 bits per heavy atom. The number of halogens is 2. The van der Waals surface area contributed by atoms with E-state index in [1.54, 1.807) is 0 Å². The van der Waals surface area contributed by atoms with Gasteiger partial charge in [-0.2, -0.15) is 0 Å². The molecule has 0 aliphatic carbocycles. The van der Waals surface area contributed by atoms with Crippen molar-refractivity contribution in [1.29, 1.82) is 0 Å². The van der Waals surface area contributed by atoms with E-state index in [4.69, 9.17) is 23.2 Å². The summed E-state index contributed by atoms with van der Waals surface area (Å²) >= 11 is 12.5. The lowest BCUT2D eigenvalue weighted by Crippen LogP contribution is -2.42. The summed E-state index contributed by atoms with van der Waals surface area (Å²) < 4.78 is 0. The van der Waals surface area contributed by atoms with Gasteiger partial charge >= 0.3 is 0 Å². The third-order valence-electron chi connectivity index (χ3n) is 3.43. The zero-order valence-electron chi connectivity index (χ0n) is 10.8. The highest BCUT2D eigenvalue weighted by molar-refractivity contribution is 6.39. The molecule has 4 heteroatoms. The van der Waals surface area contributed by atoms with Crippen LogP contribution in [0, 0.1) is 0 Å². The van der Waals surface area contributed by atoms with Gasteiger partial charge in [-0.05, 0) is 37.9 Å². The topological polar surface area (TPSA) is 15.3 Å². The van der Waals surface area contributed by atoms with Gasteiger partial charge in [0, 0.05) is 19.1 Å². The summed E-state index contributed by atoms with van der Waals surface area (Å²) in [5.74, 6) is 0. The second-order valence-corrected chi connectivity index (χ2v) is 5.60. The lowest BCUT2D eigenvalue weighted by atomic mass is 10.0. The van der Waals surface area contributed by atoms with E-state index in [0.29, 0.717) is 6.04 Å². The Kier molecular flexibility index (Phi) is 5.16. The van der Waals surface area contributed by atoms with E-state index in [1.807, 2.05) is 18.2 Å². The Morgan fingerprint density at radius 2 is 1.83 bits per heavy atom. The van der Waals surface area contributed by atoms with Crippen molar-refractivity contribution in [2.75, 3.05) is 24.5 Å². The second-order valence-electron chi connectivity index (χ2n) is 4.79. The van der Waals surface area contributed by atoms with Gasteiger partial charge in [-0.1, -0.05) is 36.2 Å². The zero-order valence-corrected chi connectivity index (χ0v) is 12.3. The molecule has 1 heterocycles. The summed E-state index contributed by atoms with van der Waals surface area (Å²) in [7, 11) is 0. The molecule has 0 bridgehead atoms. The molecule has 1 N–H and O–H groups in total. The summed E-state index contributed by atoms with van der Waals surface area (Å²) in [5, 5.41) is 5.08. The van der Waals surface area contributed by atoms with E-state index >= 15 is 0 Å². The quantitative estimate of drug-likeness (QED) is 0.901. The molecule has 0 atom stereocenters. The first-order valence-electron chi connectivity index (χ1n) is 6.64. The van der Waals surface area contributed by atoms with Gasteiger partial charge < -0.3 is 10.2 Å². The lowest BCUT2D eigenvalue weighted by molar-refractivity contribution is 0.416. The van der Waals surface area contributed by atoms with Crippen molar-refractivity contribution in [3.05, 3.63) is 28.2 Å². The minimum Gasteiger partial charge on any atom is -0.369 e. The fourth-order valence-electron chi connectivity index (χ4n) is 2.45. The first kappa shape index (κ1) is 14.0. The van der Waals surface area contributed by atoms with Gasteiger partial charge in [0.1, 0.15) is 0 Å². The van der Waals surface area contributed by atoms with Crippen LogP contribution in [-0.2, 0) is 0 Å². The van der Waals surface area contributed by atoms with Gasteiger partial charge in [0.05, 0.1) is 15.7 Å². The maximum Gasteiger partial charge on any atom is 0.0744 e. The number of nitrogens with zero attached hydrogens (tertiary/aromatic N) is 1. The van der Waals surface area contributed by atoms with Gasteiger partial charge in [0.25, 0.3) is 0 Å². The molecule has 1 aliphatic rings. The van der Waals surface area contributed by atoms with Crippen LogP contribution in [0.3, 0.4) is 0 Å². The SMILES string of the molecule is CCCNC1CCN(c2c(Cl)cccc2Cl)CC1. The average Bonchev–Trinajstić information content (AvgIpc) is 2.37.